The van der Waals surface area contributed by atoms with Crippen LogP contribution in [0.3, 0.4) is 0 Å². The first-order chi connectivity index (χ1) is 14.0. The summed E-state index contributed by atoms with van der Waals surface area (Å²) >= 11 is 0. The van der Waals surface area contributed by atoms with E-state index in [1.54, 1.807) is 12.1 Å². The molecule has 0 aliphatic carbocycles. The first kappa shape index (κ1) is 20.1. The minimum atomic E-state index is -0.753. The highest BCUT2D eigenvalue weighted by atomic mass is 19.1. The molecule has 156 valence electrons. The molecule has 3 N–H and O–H groups in total. The first-order valence-electron chi connectivity index (χ1n) is 9.96. The van der Waals surface area contributed by atoms with Crippen molar-refractivity contribution in [2.24, 2.45) is 0 Å². The molecule has 4 atom stereocenters. The summed E-state index contributed by atoms with van der Waals surface area (Å²) in [5.74, 6) is 0.624. The van der Waals surface area contributed by atoms with Gasteiger partial charge in [-0.25, -0.2) is 8.78 Å². The molecule has 0 spiro atoms. The average Bonchev–Trinajstić information content (AvgIpc) is 2.72. The highest BCUT2D eigenvalue weighted by molar-refractivity contribution is 5.36. The maximum absolute atomic E-state index is 13.3. The minimum absolute atomic E-state index is 0.257. The number of rotatable bonds is 6. The molecule has 29 heavy (non-hydrogen) atoms. The van der Waals surface area contributed by atoms with E-state index >= 15 is 0 Å². The zero-order chi connectivity index (χ0) is 20.4. The van der Waals surface area contributed by atoms with Crippen LogP contribution in [0, 0.1) is 11.6 Å². The van der Waals surface area contributed by atoms with Gasteiger partial charge in [0.25, 0.3) is 0 Å². The molecule has 4 rings (SSSR count). The molecular weight excluding hydrogens is 380 g/mol. The van der Waals surface area contributed by atoms with Crippen molar-refractivity contribution in [3.8, 4) is 11.5 Å². The molecule has 1 unspecified atom stereocenters. The maximum Gasteiger partial charge on any atom is 0.126 e. The van der Waals surface area contributed by atoms with Gasteiger partial charge in [-0.3, -0.25) is 0 Å². The molecule has 0 aromatic heterocycles. The summed E-state index contributed by atoms with van der Waals surface area (Å²) in [6.07, 6.45) is 0.214. The lowest BCUT2D eigenvalue weighted by molar-refractivity contribution is 0.00892. The van der Waals surface area contributed by atoms with Gasteiger partial charge < -0.3 is 25.0 Å². The SMILES string of the molecule is O[C@@H](CNC[C@H](O)[C@H]1CCc2cc(F)ccc2O1)C1CCc2cc(F)ccc2O1. The van der Waals surface area contributed by atoms with Crippen LogP contribution in [0.2, 0.25) is 0 Å². The van der Waals surface area contributed by atoms with E-state index in [1.807, 2.05) is 0 Å². The van der Waals surface area contributed by atoms with Crippen LogP contribution >= 0.6 is 0 Å². The summed E-state index contributed by atoms with van der Waals surface area (Å²) in [6.45, 7) is 0.513. The number of aliphatic hydroxyl groups is 2. The lowest BCUT2D eigenvalue weighted by atomic mass is 9.98. The lowest BCUT2D eigenvalue weighted by Crippen LogP contribution is -2.46. The largest absolute Gasteiger partial charge is 0.487 e. The van der Waals surface area contributed by atoms with Gasteiger partial charge in [0.2, 0.25) is 0 Å². The molecule has 2 aliphatic heterocycles. The molecule has 0 radical (unpaired) electrons. The fraction of sp³-hybridized carbons (Fsp3) is 0.455. The molecule has 2 aromatic carbocycles. The summed E-state index contributed by atoms with van der Waals surface area (Å²) in [5, 5.41) is 23.9. The van der Waals surface area contributed by atoms with Crippen molar-refractivity contribution in [2.45, 2.75) is 50.1 Å². The Morgan fingerprint density at radius 1 is 0.828 bits per heavy atom. The standard InChI is InChI=1S/C22H25F2NO4/c23-15-3-7-19-13(9-15)1-5-21(28-19)17(26)11-25-12-18(27)22-6-2-14-10-16(24)4-8-20(14)29-22/h3-4,7-10,17-18,21-22,25-27H,1-2,5-6,11-12H2/t17-,18-,21+,22?/m0/s1. The minimum Gasteiger partial charge on any atom is -0.487 e. The van der Waals surface area contributed by atoms with Gasteiger partial charge >= 0.3 is 0 Å². The fourth-order valence-corrected chi connectivity index (χ4v) is 3.94. The van der Waals surface area contributed by atoms with Crippen LogP contribution in [0.15, 0.2) is 36.4 Å². The zero-order valence-corrected chi connectivity index (χ0v) is 16.0. The van der Waals surface area contributed by atoms with Gasteiger partial charge in [-0.1, -0.05) is 0 Å². The summed E-state index contributed by atoms with van der Waals surface area (Å²) < 4.78 is 38.2. The second-order valence-electron chi connectivity index (χ2n) is 7.69. The monoisotopic (exact) mass is 405 g/mol. The molecule has 7 heteroatoms. The number of benzene rings is 2. The number of aliphatic hydroxyl groups excluding tert-OH is 2. The van der Waals surface area contributed by atoms with E-state index in [-0.39, 0.29) is 36.9 Å². The Kier molecular flexibility index (Phi) is 5.99. The Labute approximate surface area is 168 Å². The molecule has 2 aromatic rings. The van der Waals surface area contributed by atoms with Crippen LogP contribution in [0.5, 0.6) is 11.5 Å². The Balaban J connectivity index is 1.24. The number of ether oxygens (including phenoxy) is 2. The van der Waals surface area contributed by atoms with Crippen LogP contribution in [0.25, 0.3) is 0 Å². The Bertz CT molecular complexity index is 793. The topological polar surface area (TPSA) is 71.0 Å². The number of hydrogen-bond acceptors (Lipinski definition) is 5. The second kappa shape index (κ2) is 8.65. The third-order valence-electron chi connectivity index (χ3n) is 5.56. The van der Waals surface area contributed by atoms with Crippen molar-refractivity contribution in [2.75, 3.05) is 13.1 Å². The first-order valence-corrected chi connectivity index (χ1v) is 9.96. The third kappa shape index (κ3) is 4.69. The van der Waals surface area contributed by atoms with Gasteiger partial charge in [0.15, 0.2) is 0 Å². The molecule has 0 bridgehead atoms. The number of fused-ring (bicyclic) bond motifs is 2. The van der Waals surface area contributed by atoms with E-state index in [2.05, 4.69) is 5.32 Å². The smallest absolute Gasteiger partial charge is 0.126 e. The van der Waals surface area contributed by atoms with Crippen molar-refractivity contribution >= 4 is 0 Å². The van der Waals surface area contributed by atoms with Crippen LogP contribution in [-0.4, -0.2) is 47.7 Å². The van der Waals surface area contributed by atoms with Crippen molar-refractivity contribution in [1.82, 2.24) is 5.32 Å². The number of halogens is 2. The van der Waals surface area contributed by atoms with Crippen molar-refractivity contribution in [3.05, 3.63) is 59.2 Å². The van der Waals surface area contributed by atoms with Crippen molar-refractivity contribution < 1.29 is 28.5 Å². The molecule has 5 nitrogen and oxygen atoms in total. The molecule has 0 amide bonds. The van der Waals surface area contributed by atoms with Gasteiger partial charge in [0.1, 0.15) is 47.5 Å². The maximum atomic E-state index is 13.3. The highest BCUT2D eigenvalue weighted by Gasteiger charge is 2.29. The Morgan fingerprint density at radius 2 is 1.28 bits per heavy atom. The van der Waals surface area contributed by atoms with Crippen LogP contribution < -0.4 is 14.8 Å². The van der Waals surface area contributed by atoms with Crippen LogP contribution in [0.1, 0.15) is 24.0 Å². The van der Waals surface area contributed by atoms with Crippen LogP contribution in [0.4, 0.5) is 8.78 Å². The summed E-state index contributed by atoms with van der Waals surface area (Å²) in [6, 6.07) is 8.79. The molecule has 0 saturated carbocycles. The third-order valence-corrected chi connectivity index (χ3v) is 5.56. The molecular formula is C22H25F2NO4. The van der Waals surface area contributed by atoms with Gasteiger partial charge in [-0.2, -0.15) is 0 Å². The molecule has 2 heterocycles. The Hall–Kier alpha value is -2.22. The molecule has 0 saturated heterocycles. The van der Waals surface area contributed by atoms with Gasteiger partial charge in [-0.05, 0) is 73.2 Å². The molecule has 0 fully saturated rings. The van der Waals surface area contributed by atoms with E-state index < -0.39 is 12.2 Å². The quantitative estimate of drug-likeness (QED) is 0.688. The highest BCUT2D eigenvalue weighted by Crippen LogP contribution is 2.30. The van der Waals surface area contributed by atoms with E-state index in [4.69, 9.17) is 9.47 Å². The predicted octanol–water partition coefficient (Wildman–Crippen LogP) is 2.36. The zero-order valence-electron chi connectivity index (χ0n) is 16.0. The van der Waals surface area contributed by atoms with Crippen LogP contribution in [-0.2, 0) is 12.8 Å². The normalized spacial score (nSPS) is 22.6. The second-order valence-corrected chi connectivity index (χ2v) is 7.69. The lowest BCUT2D eigenvalue weighted by Gasteiger charge is -2.31. The molecule has 2 aliphatic rings. The average molecular weight is 405 g/mol. The van der Waals surface area contributed by atoms with E-state index in [0.717, 1.165) is 11.1 Å². The van der Waals surface area contributed by atoms with Crippen molar-refractivity contribution in [3.63, 3.8) is 0 Å². The Morgan fingerprint density at radius 3 is 1.72 bits per heavy atom. The van der Waals surface area contributed by atoms with E-state index in [9.17, 15) is 19.0 Å². The van der Waals surface area contributed by atoms with E-state index in [1.165, 1.54) is 24.3 Å². The van der Waals surface area contributed by atoms with Crippen molar-refractivity contribution in [1.29, 1.82) is 0 Å². The summed E-state index contributed by atoms with van der Waals surface area (Å²) in [5.41, 5.74) is 1.62. The van der Waals surface area contributed by atoms with Gasteiger partial charge in [0.05, 0.1) is 0 Å². The summed E-state index contributed by atoms with van der Waals surface area (Å²) in [7, 11) is 0. The predicted molar refractivity (Wildman–Crippen MR) is 103 cm³/mol. The summed E-state index contributed by atoms with van der Waals surface area (Å²) in [4.78, 5) is 0. The number of hydrogen-bond donors (Lipinski definition) is 3. The fourth-order valence-electron chi connectivity index (χ4n) is 3.94. The van der Waals surface area contributed by atoms with Gasteiger partial charge in [0, 0.05) is 13.1 Å². The van der Waals surface area contributed by atoms with Gasteiger partial charge in [-0.15, -0.1) is 0 Å². The number of nitrogens with one attached hydrogen (secondary N) is 1. The van der Waals surface area contributed by atoms with E-state index in [0.29, 0.717) is 37.2 Å². The number of aryl methyl sites for hydroxylation is 2.